The third-order valence-electron chi connectivity index (χ3n) is 5.60. The molecule has 3 aromatic carbocycles. The molecule has 0 bridgehead atoms. The molecule has 9 heteroatoms. The third-order valence-corrected chi connectivity index (χ3v) is 5.60. The Morgan fingerprint density at radius 2 is 1.94 bits per heavy atom. The van der Waals surface area contributed by atoms with E-state index in [1.54, 1.807) is 36.4 Å². The molecule has 2 heterocycles. The van der Waals surface area contributed by atoms with Crippen molar-refractivity contribution in [2.75, 3.05) is 17.0 Å². The van der Waals surface area contributed by atoms with Crippen molar-refractivity contribution in [1.29, 1.82) is 0 Å². The number of amides is 1. The Morgan fingerprint density at radius 1 is 1.12 bits per heavy atom. The van der Waals surface area contributed by atoms with Gasteiger partial charge in [-0.2, -0.15) is 0 Å². The minimum atomic E-state index is -0.492. The van der Waals surface area contributed by atoms with E-state index in [9.17, 15) is 19.5 Å². The molecule has 0 radical (unpaired) electrons. The topological polar surface area (TPSA) is 104 Å². The first-order valence-electron chi connectivity index (χ1n) is 10.3. The molecule has 3 aromatic rings. The van der Waals surface area contributed by atoms with Gasteiger partial charge >= 0.3 is 0 Å². The van der Waals surface area contributed by atoms with Crippen LogP contribution in [0.5, 0.6) is 11.5 Å². The van der Waals surface area contributed by atoms with Gasteiger partial charge in [0.15, 0.2) is 12.5 Å². The number of oxime groups is 1. The molecule has 5 rings (SSSR count). The zero-order chi connectivity index (χ0) is 22.9. The van der Waals surface area contributed by atoms with E-state index >= 15 is 0 Å². The SMILES string of the molecule is O=C1/C(=N\O)c2cc(NCc3ccc(O)cc3)ccc2N1Cc1cc(F)cc2c1OCOC2. The second kappa shape index (κ2) is 8.44. The summed E-state index contributed by atoms with van der Waals surface area (Å²) < 4.78 is 24.9. The molecular weight excluding hydrogens is 429 g/mol. The number of phenols is 1. The number of carbonyl (C=O) groups excluding carboxylic acids is 1. The van der Waals surface area contributed by atoms with Crippen molar-refractivity contribution in [3.05, 3.63) is 82.7 Å². The molecule has 0 fully saturated rings. The zero-order valence-corrected chi connectivity index (χ0v) is 17.4. The fourth-order valence-corrected chi connectivity index (χ4v) is 4.04. The third kappa shape index (κ3) is 3.94. The van der Waals surface area contributed by atoms with Gasteiger partial charge in [-0.3, -0.25) is 4.79 Å². The minimum absolute atomic E-state index is 0.0469. The lowest BCUT2D eigenvalue weighted by molar-refractivity contribution is -0.112. The van der Waals surface area contributed by atoms with Crippen molar-refractivity contribution in [2.24, 2.45) is 5.16 Å². The van der Waals surface area contributed by atoms with E-state index in [4.69, 9.17) is 9.47 Å². The molecule has 0 saturated heterocycles. The van der Waals surface area contributed by atoms with Gasteiger partial charge in [0.25, 0.3) is 5.91 Å². The summed E-state index contributed by atoms with van der Waals surface area (Å²) in [4.78, 5) is 14.4. The largest absolute Gasteiger partial charge is 0.508 e. The van der Waals surface area contributed by atoms with Crippen LogP contribution >= 0.6 is 0 Å². The normalized spacial score (nSPS) is 15.8. The maximum Gasteiger partial charge on any atom is 0.281 e. The lowest BCUT2D eigenvalue weighted by Gasteiger charge is -2.24. The van der Waals surface area contributed by atoms with E-state index in [-0.39, 0.29) is 31.4 Å². The van der Waals surface area contributed by atoms with Crippen molar-refractivity contribution in [1.82, 2.24) is 0 Å². The molecule has 3 N–H and O–H groups in total. The zero-order valence-electron chi connectivity index (χ0n) is 17.4. The fourth-order valence-electron chi connectivity index (χ4n) is 4.04. The summed E-state index contributed by atoms with van der Waals surface area (Å²) in [6.07, 6.45) is 0. The van der Waals surface area contributed by atoms with Crippen LogP contribution in [0.3, 0.4) is 0 Å². The number of nitrogens with zero attached hydrogens (tertiary/aromatic N) is 2. The van der Waals surface area contributed by atoms with Gasteiger partial charge in [-0.1, -0.05) is 17.3 Å². The van der Waals surface area contributed by atoms with E-state index in [0.29, 0.717) is 34.7 Å². The highest BCUT2D eigenvalue weighted by Gasteiger charge is 2.35. The summed E-state index contributed by atoms with van der Waals surface area (Å²) in [5, 5.41) is 25.4. The molecule has 168 valence electrons. The number of hydrogen-bond donors (Lipinski definition) is 3. The first-order chi connectivity index (χ1) is 16.0. The second-order valence-electron chi connectivity index (χ2n) is 7.76. The maximum absolute atomic E-state index is 14.2. The standard InChI is InChI=1S/C24H20FN3O5/c25-17-7-15(23-16(8-17)12-32-13-33-23)11-28-21-6-3-18(9-20(21)22(27-31)24(28)30)26-10-14-1-4-19(29)5-2-14/h1-9,26,29,31H,10-13H2/b27-22-. The van der Waals surface area contributed by atoms with E-state index in [0.717, 1.165) is 11.3 Å². The molecule has 2 aliphatic heterocycles. The summed E-state index contributed by atoms with van der Waals surface area (Å²) in [5.74, 6) is -0.252. The van der Waals surface area contributed by atoms with Crippen molar-refractivity contribution < 1.29 is 29.0 Å². The summed E-state index contributed by atoms with van der Waals surface area (Å²) >= 11 is 0. The van der Waals surface area contributed by atoms with Gasteiger partial charge in [-0.15, -0.1) is 0 Å². The van der Waals surface area contributed by atoms with Gasteiger partial charge in [0, 0.05) is 28.9 Å². The molecule has 33 heavy (non-hydrogen) atoms. The number of nitrogens with one attached hydrogen (secondary N) is 1. The molecule has 0 aromatic heterocycles. The highest BCUT2D eigenvalue weighted by Crippen LogP contribution is 2.36. The smallest absolute Gasteiger partial charge is 0.281 e. The number of hydrogen-bond acceptors (Lipinski definition) is 7. The van der Waals surface area contributed by atoms with E-state index in [1.165, 1.54) is 17.0 Å². The van der Waals surface area contributed by atoms with Crippen molar-refractivity contribution in [2.45, 2.75) is 19.7 Å². The van der Waals surface area contributed by atoms with Gasteiger partial charge in [0.1, 0.15) is 17.3 Å². The number of rotatable bonds is 5. The van der Waals surface area contributed by atoms with Crippen LogP contribution in [0.25, 0.3) is 0 Å². The number of halogens is 1. The molecule has 0 unspecified atom stereocenters. The number of anilines is 2. The highest BCUT2D eigenvalue weighted by atomic mass is 19.1. The van der Waals surface area contributed by atoms with Crippen LogP contribution < -0.4 is 15.0 Å². The molecule has 8 nitrogen and oxygen atoms in total. The van der Waals surface area contributed by atoms with Crippen LogP contribution in [0.15, 0.2) is 59.8 Å². The summed E-state index contributed by atoms with van der Waals surface area (Å²) in [6, 6.07) is 14.8. The summed E-state index contributed by atoms with van der Waals surface area (Å²) in [6.45, 7) is 0.821. The van der Waals surface area contributed by atoms with Gasteiger partial charge in [-0.05, 0) is 48.0 Å². The van der Waals surface area contributed by atoms with Gasteiger partial charge in [0.2, 0.25) is 0 Å². The van der Waals surface area contributed by atoms with Crippen LogP contribution in [0.4, 0.5) is 15.8 Å². The summed E-state index contributed by atoms with van der Waals surface area (Å²) in [7, 11) is 0. The Kier molecular flexibility index (Phi) is 5.31. The monoisotopic (exact) mass is 449 g/mol. The van der Waals surface area contributed by atoms with Crippen LogP contribution in [0.1, 0.15) is 22.3 Å². The Bertz CT molecular complexity index is 1260. The number of ether oxygens (including phenoxy) is 2. The number of aromatic hydroxyl groups is 1. The lowest BCUT2D eigenvalue weighted by atomic mass is 10.1. The fraction of sp³-hybridized carbons (Fsp3) is 0.167. The average Bonchev–Trinajstić information content (AvgIpc) is 3.08. The maximum atomic E-state index is 14.2. The van der Waals surface area contributed by atoms with Gasteiger partial charge in [0.05, 0.1) is 18.8 Å². The van der Waals surface area contributed by atoms with Gasteiger partial charge < -0.3 is 30.0 Å². The van der Waals surface area contributed by atoms with Crippen LogP contribution in [-0.4, -0.2) is 28.7 Å². The molecule has 2 aliphatic rings. The van der Waals surface area contributed by atoms with Crippen LogP contribution in [0, 0.1) is 5.82 Å². The van der Waals surface area contributed by atoms with Gasteiger partial charge in [-0.25, -0.2) is 4.39 Å². The average molecular weight is 449 g/mol. The number of carbonyl (C=O) groups is 1. The molecule has 0 saturated carbocycles. The van der Waals surface area contributed by atoms with E-state index < -0.39 is 11.7 Å². The Labute approximate surface area is 188 Å². The molecule has 0 aliphatic carbocycles. The quantitative estimate of drug-likeness (QED) is 0.405. The Balaban J connectivity index is 1.42. The van der Waals surface area contributed by atoms with E-state index in [1.807, 2.05) is 6.07 Å². The predicted octanol–water partition coefficient (Wildman–Crippen LogP) is 3.74. The Morgan fingerprint density at radius 3 is 2.73 bits per heavy atom. The first-order valence-corrected chi connectivity index (χ1v) is 10.3. The molecule has 0 spiro atoms. The lowest BCUT2D eigenvalue weighted by Crippen LogP contribution is -2.30. The second-order valence-corrected chi connectivity index (χ2v) is 7.76. The minimum Gasteiger partial charge on any atom is -0.508 e. The number of benzene rings is 3. The highest BCUT2D eigenvalue weighted by molar-refractivity contribution is 6.54. The van der Waals surface area contributed by atoms with E-state index in [2.05, 4.69) is 10.5 Å². The molecule has 0 atom stereocenters. The van der Waals surface area contributed by atoms with Crippen molar-refractivity contribution in [3.63, 3.8) is 0 Å². The summed E-state index contributed by atoms with van der Waals surface area (Å²) in [5.41, 5.74) is 3.69. The predicted molar refractivity (Wildman–Crippen MR) is 118 cm³/mol. The van der Waals surface area contributed by atoms with Crippen LogP contribution in [-0.2, 0) is 29.2 Å². The van der Waals surface area contributed by atoms with Crippen LogP contribution in [0.2, 0.25) is 0 Å². The number of phenolic OH excluding ortho intramolecular Hbond substituents is 1. The van der Waals surface area contributed by atoms with Crippen molar-refractivity contribution in [3.8, 4) is 11.5 Å². The first kappa shape index (κ1) is 20.8. The Hall–Kier alpha value is -4.11. The molecule has 1 amide bonds. The molecular formula is C24H20FN3O5. The van der Waals surface area contributed by atoms with Crippen molar-refractivity contribution >= 4 is 23.0 Å². The number of fused-ring (bicyclic) bond motifs is 2.